The van der Waals surface area contributed by atoms with E-state index in [9.17, 15) is 0 Å². The molecular weight excluding hydrogens is 218 g/mol. The molecule has 0 bridgehead atoms. The molecule has 1 aromatic rings. The maximum atomic E-state index is 4.20. The number of halogens is 1. The first-order valence-electron chi connectivity index (χ1n) is 4.17. The van der Waals surface area contributed by atoms with Crippen molar-refractivity contribution in [1.29, 1.82) is 0 Å². The zero-order valence-electron chi connectivity index (χ0n) is 7.05. The summed E-state index contributed by atoms with van der Waals surface area (Å²) >= 11 is 3.42. The Bertz CT molecular complexity index is 278. The van der Waals surface area contributed by atoms with Crippen molar-refractivity contribution in [2.45, 2.75) is 25.4 Å². The second kappa shape index (κ2) is 3.18. The van der Waals surface area contributed by atoms with Crippen LogP contribution in [0.5, 0.6) is 0 Å². The molecule has 1 aliphatic carbocycles. The Morgan fingerprint density at radius 1 is 1.75 bits per heavy atom. The molecule has 0 unspecified atom stereocenters. The lowest BCUT2D eigenvalue weighted by molar-refractivity contribution is 0.685. The highest BCUT2D eigenvalue weighted by atomic mass is 79.9. The molecule has 2 rings (SSSR count). The SMILES string of the molecule is Cn1cc(CNC2CC2)c(Br)n1. The molecule has 3 nitrogen and oxygen atoms in total. The Morgan fingerprint density at radius 2 is 2.50 bits per heavy atom. The molecule has 0 saturated heterocycles. The molecular formula is C8H12BrN3. The number of hydrogen-bond acceptors (Lipinski definition) is 2. The van der Waals surface area contributed by atoms with Gasteiger partial charge in [-0.1, -0.05) is 0 Å². The zero-order valence-corrected chi connectivity index (χ0v) is 8.63. The van der Waals surface area contributed by atoms with Crippen molar-refractivity contribution in [2.24, 2.45) is 7.05 Å². The summed E-state index contributed by atoms with van der Waals surface area (Å²) in [6.07, 6.45) is 4.70. The maximum Gasteiger partial charge on any atom is 0.132 e. The lowest BCUT2D eigenvalue weighted by atomic mass is 10.3. The van der Waals surface area contributed by atoms with E-state index in [-0.39, 0.29) is 0 Å². The summed E-state index contributed by atoms with van der Waals surface area (Å²) in [5.41, 5.74) is 1.24. The standard InChI is InChI=1S/C8H12BrN3/c1-12-5-6(8(9)11-12)4-10-7-2-3-7/h5,7,10H,2-4H2,1H3. The van der Waals surface area contributed by atoms with Crippen molar-refractivity contribution in [3.8, 4) is 0 Å². The molecule has 0 aliphatic heterocycles. The number of aromatic nitrogens is 2. The fourth-order valence-corrected chi connectivity index (χ4v) is 1.66. The predicted molar refractivity (Wildman–Crippen MR) is 50.8 cm³/mol. The monoisotopic (exact) mass is 229 g/mol. The van der Waals surface area contributed by atoms with Crippen LogP contribution < -0.4 is 5.32 Å². The van der Waals surface area contributed by atoms with E-state index < -0.39 is 0 Å². The predicted octanol–water partition coefficient (Wildman–Crippen LogP) is 1.43. The second-order valence-electron chi connectivity index (χ2n) is 3.27. The van der Waals surface area contributed by atoms with E-state index in [2.05, 4.69) is 26.3 Å². The third-order valence-corrected chi connectivity index (χ3v) is 2.68. The molecule has 1 aliphatic rings. The minimum Gasteiger partial charge on any atom is -0.310 e. The number of nitrogens with one attached hydrogen (secondary N) is 1. The van der Waals surface area contributed by atoms with Gasteiger partial charge in [0.1, 0.15) is 4.60 Å². The summed E-state index contributed by atoms with van der Waals surface area (Å²) in [5, 5.41) is 7.65. The fourth-order valence-electron chi connectivity index (χ4n) is 1.17. The summed E-state index contributed by atoms with van der Waals surface area (Å²) < 4.78 is 2.78. The Kier molecular flexibility index (Phi) is 2.19. The minimum absolute atomic E-state index is 0.761. The van der Waals surface area contributed by atoms with Gasteiger partial charge in [0, 0.05) is 31.4 Å². The molecule has 1 fully saturated rings. The van der Waals surface area contributed by atoms with Gasteiger partial charge in [0.25, 0.3) is 0 Å². The molecule has 1 heterocycles. The third kappa shape index (κ3) is 1.87. The highest BCUT2D eigenvalue weighted by Crippen LogP contribution is 2.20. The topological polar surface area (TPSA) is 29.9 Å². The molecule has 0 amide bonds. The van der Waals surface area contributed by atoms with Crippen LogP contribution in [0.4, 0.5) is 0 Å². The van der Waals surface area contributed by atoms with E-state index in [1.165, 1.54) is 18.4 Å². The van der Waals surface area contributed by atoms with Gasteiger partial charge in [0.15, 0.2) is 0 Å². The molecule has 12 heavy (non-hydrogen) atoms. The van der Waals surface area contributed by atoms with Crippen LogP contribution in [0.2, 0.25) is 0 Å². The average molecular weight is 230 g/mol. The molecule has 0 spiro atoms. The Morgan fingerprint density at radius 3 is 3.00 bits per heavy atom. The number of rotatable bonds is 3. The maximum absolute atomic E-state index is 4.20. The highest BCUT2D eigenvalue weighted by Gasteiger charge is 2.20. The van der Waals surface area contributed by atoms with Crippen molar-refractivity contribution in [2.75, 3.05) is 0 Å². The van der Waals surface area contributed by atoms with E-state index in [1.54, 1.807) is 0 Å². The van der Waals surface area contributed by atoms with E-state index in [0.29, 0.717) is 0 Å². The molecule has 66 valence electrons. The Labute approximate surface area is 80.3 Å². The number of hydrogen-bond donors (Lipinski definition) is 1. The van der Waals surface area contributed by atoms with E-state index in [4.69, 9.17) is 0 Å². The first kappa shape index (κ1) is 8.26. The van der Waals surface area contributed by atoms with Gasteiger partial charge < -0.3 is 5.32 Å². The quantitative estimate of drug-likeness (QED) is 0.851. The number of nitrogens with zero attached hydrogens (tertiary/aromatic N) is 2. The third-order valence-electron chi connectivity index (χ3n) is 2.01. The first-order chi connectivity index (χ1) is 5.75. The van der Waals surface area contributed by atoms with Gasteiger partial charge in [0.2, 0.25) is 0 Å². The largest absolute Gasteiger partial charge is 0.310 e. The van der Waals surface area contributed by atoms with Gasteiger partial charge in [-0.15, -0.1) is 0 Å². The van der Waals surface area contributed by atoms with E-state index in [0.717, 1.165) is 17.2 Å². The Balaban J connectivity index is 1.96. The molecule has 1 saturated carbocycles. The highest BCUT2D eigenvalue weighted by molar-refractivity contribution is 9.10. The van der Waals surface area contributed by atoms with E-state index >= 15 is 0 Å². The van der Waals surface area contributed by atoms with Crippen molar-refractivity contribution >= 4 is 15.9 Å². The van der Waals surface area contributed by atoms with Gasteiger partial charge >= 0.3 is 0 Å². The molecule has 0 aromatic carbocycles. The zero-order chi connectivity index (χ0) is 8.55. The molecule has 0 atom stereocenters. The Hall–Kier alpha value is -0.350. The fraction of sp³-hybridized carbons (Fsp3) is 0.625. The minimum atomic E-state index is 0.761. The summed E-state index contributed by atoms with van der Waals surface area (Å²) in [5.74, 6) is 0. The normalized spacial score (nSPS) is 16.8. The average Bonchev–Trinajstić information content (AvgIpc) is 2.76. The van der Waals surface area contributed by atoms with Gasteiger partial charge in [0.05, 0.1) is 0 Å². The summed E-state index contributed by atoms with van der Waals surface area (Å²) in [6, 6.07) is 0.761. The second-order valence-corrected chi connectivity index (χ2v) is 4.03. The molecule has 1 N–H and O–H groups in total. The van der Waals surface area contributed by atoms with Crippen molar-refractivity contribution in [3.63, 3.8) is 0 Å². The van der Waals surface area contributed by atoms with Crippen LogP contribution in [0.25, 0.3) is 0 Å². The van der Waals surface area contributed by atoms with E-state index in [1.807, 2.05) is 17.9 Å². The first-order valence-corrected chi connectivity index (χ1v) is 4.96. The van der Waals surface area contributed by atoms with Crippen molar-refractivity contribution in [3.05, 3.63) is 16.4 Å². The van der Waals surface area contributed by atoms with Gasteiger partial charge in [-0.2, -0.15) is 5.10 Å². The van der Waals surface area contributed by atoms with Crippen molar-refractivity contribution < 1.29 is 0 Å². The summed E-state index contributed by atoms with van der Waals surface area (Å²) in [7, 11) is 1.94. The van der Waals surface area contributed by atoms with Gasteiger partial charge in [-0.05, 0) is 28.8 Å². The lowest BCUT2D eigenvalue weighted by Crippen LogP contribution is -2.15. The summed E-state index contributed by atoms with van der Waals surface area (Å²) in [6.45, 7) is 0.930. The molecule has 0 radical (unpaired) electrons. The number of aryl methyl sites for hydroxylation is 1. The van der Waals surface area contributed by atoms with Crippen LogP contribution in [0, 0.1) is 0 Å². The van der Waals surface area contributed by atoms with Crippen LogP contribution >= 0.6 is 15.9 Å². The van der Waals surface area contributed by atoms with Crippen LogP contribution in [0.1, 0.15) is 18.4 Å². The van der Waals surface area contributed by atoms with Crippen molar-refractivity contribution in [1.82, 2.24) is 15.1 Å². The van der Waals surface area contributed by atoms with Gasteiger partial charge in [-0.3, -0.25) is 4.68 Å². The lowest BCUT2D eigenvalue weighted by Gasteiger charge is -1.98. The molecule has 4 heteroatoms. The van der Waals surface area contributed by atoms with Crippen LogP contribution in [0.15, 0.2) is 10.8 Å². The van der Waals surface area contributed by atoms with Crippen LogP contribution in [0.3, 0.4) is 0 Å². The molecule has 1 aromatic heterocycles. The smallest absolute Gasteiger partial charge is 0.132 e. The summed E-state index contributed by atoms with van der Waals surface area (Å²) in [4.78, 5) is 0. The van der Waals surface area contributed by atoms with Crippen LogP contribution in [-0.2, 0) is 13.6 Å². The van der Waals surface area contributed by atoms with Gasteiger partial charge in [-0.25, -0.2) is 0 Å². The van der Waals surface area contributed by atoms with Crippen LogP contribution in [-0.4, -0.2) is 15.8 Å².